The maximum absolute atomic E-state index is 14.1. The molecular weight excluding hydrogens is 898 g/mol. The van der Waals surface area contributed by atoms with Gasteiger partial charge in [-0.3, -0.25) is 23.9 Å². The Kier molecular flexibility index (Phi) is 14.5. The molecule has 0 radical (unpaired) electrons. The molecule has 2 aliphatic heterocycles. The number of ether oxygens (including phenoxy) is 1. The van der Waals surface area contributed by atoms with Gasteiger partial charge >= 0.3 is 0 Å². The number of carbonyl (C=O) groups is 3. The fourth-order valence-corrected chi connectivity index (χ4v) is 10.7. The number of likely N-dealkylation sites (tertiary alicyclic amines) is 1. The van der Waals surface area contributed by atoms with Crippen molar-refractivity contribution in [2.75, 3.05) is 19.7 Å². The first-order valence-electron chi connectivity index (χ1n) is 22.3. The third kappa shape index (κ3) is 10.1. The monoisotopic (exact) mass is 951 g/mol. The number of unbranched alkanes of at least 4 members (excludes halogenated alkanes) is 2. The number of nitrogens with one attached hydrogen (secondary N) is 2. The van der Waals surface area contributed by atoms with Gasteiger partial charge in [0.25, 0.3) is 5.88 Å². The molecule has 18 heteroatoms. The molecule has 4 aromatic heterocycles. The number of thiazole rings is 1. The fourth-order valence-electron chi connectivity index (χ4n) is 8.56. The molecule has 1 fully saturated rings. The lowest BCUT2D eigenvalue weighted by molar-refractivity contribution is -0.141. The zero-order chi connectivity index (χ0) is 46.6. The average Bonchev–Trinajstić information content (AvgIpc) is 4.14. The molecule has 6 aromatic rings. The zero-order valence-corrected chi connectivity index (χ0v) is 40.2. The molecule has 1 saturated heterocycles. The van der Waals surface area contributed by atoms with Gasteiger partial charge < -0.3 is 29.9 Å². The maximum atomic E-state index is 14.1. The molecule has 2 aromatic carbocycles. The first-order valence-corrected chi connectivity index (χ1v) is 24.3. The van der Waals surface area contributed by atoms with E-state index in [4.69, 9.17) is 25.9 Å². The van der Waals surface area contributed by atoms with Crippen molar-refractivity contribution < 1.29 is 28.8 Å². The number of aromatic nitrogens is 5. The second-order valence-corrected chi connectivity index (χ2v) is 19.7. The van der Waals surface area contributed by atoms with Crippen LogP contribution in [0.1, 0.15) is 108 Å². The van der Waals surface area contributed by atoms with E-state index in [1.54, 1.807) is 28.7 Å². The van der Waals surface area contributed by atoms with E-state index in [1.165, 1.54) is 9.78 Å². The van der Waals surface area contributed by atoms with E-state index >= 15 is 0 Å². The molecular formula is C48H54ClN9O6S2. The van der Waals surface area contributed by atoms with E-state index < -0.39 is 24.1 Å². The largest absolute Gasteiger partial charge is 0.476 e. The summed E-state index contributed by atoms with van der Waals surface area (Å²) < 4.78 is 13.6. The first kappa shape index (κ1) is 46.8. The molecule has 15 nitrogen and oxygen atoms in total. The fraction of sp³-hybridized carbons (Fsp3) is 0.417. The number of rotatable bonds is 17. The summed E-state index contributed by atoms with van der Waals surface area (Å²) >= 11 is 9.50. The zero-order valence-electron chi connectivity index (χ0n) is 37.8. The van der Waals surface area contributed by atoms with Crippen LogP contribution in [0.3, 0.4) is 0 Å². The molecule has 0 saturated carbocycles. The van der Waals surface area contributed by atoms with Crippen LogP contribution in [0.2, 0.25) is 5.02 Å². The van der Waals surface area contributed by atoms with Gasteiger partial charge in [-0.1, -0.05) is 61.8 Å². The number of aliphatic hydroxyl groups is 1. The summed E-state index contributed by atoms with van der Waals surface area (Å²) in [6.07, 6.45) is 1.63. The minimum atomic E-state index is -0.831. The van der Waals surface area contributed by atoms with Crippen LogP contribution >= 0.6 is 34.3 Å². The Labute approximate surface area is 396 Å². The quantitative estimate of drug-likeness (QED) is 0.0756. The number of nitrogens with zero attached hydrogens (tertiary/aromatic N) is 7. The molecule has 6 heterocycles. The SMILES string of the molecule is Cc1ncsc1-c1ccc(CNC(=O)[C@@H]2CC(O)CN2C(=O)C(c2cc(OCCCCCNC(=O)CC3N=C(c4ccc(Cl)cc4)c4c(sc(C)c4C)-n4c(C)nnc43)no2)C(C)C)cc1. The van der Waals surface area contributed by atoms with E-state index in [-0.39, 0.29) is 55.5 Å². The molecule has 3 unspecified atom stereocenters. The Balaban J connectivity index is 0.808. The summed E-state index contributed by atoms with van der Waals surface area (Å²) in [7, 11) is 0. The number of aryl methyl sites for hydroxylation is 3. The van der Waals surface area contributed by atoms with Gasteiger partial charge in [-0.2, -0.15) is 0 Å². The minimum absolute atomic E-state index is 0.0407. The van der Waals surface area contributed by atoms with Crippen molar-refractivity contribution >= 4 is 57.7 Å². The van der Waals surface area contributed by atoms with E-state index in [2.05, 4.69) is 44.8 Å². The first-order chi connectivity index (χ1) is 31.8. The van der Waals surface area contributed by atoms with Crippen molar-refractivity contribution in [2.24, 2.45) is 10.9 Å². The number of aliphatic imine (C=N–C) groups is 1. The number of carbonyl (C=O) groups excluding carboxylic acids is 3. The third-order valence-corrected chi connectivity index (χ3v) is 14.6. The number of β-amino-alcohol motifs (C(OH)–C–C–N with tert-alkyl or cyclic N) is 1. The average molecular weight is 953 g/mol. The molecule has 3 amide bonds. The minimum Gasteiger partial charge on any atom is -0.476 e. The van der Waals surface area contributed by atoms with Crippen molar-refractivity contribution in [3.63, 3.8) is 0 Å². The number of halogens is 1. The van der Waals surface area contributed by atoms with Gasteiger partial charge in [-0.15, -0.1) is 32.9 Å². The van der Waals surface area contributed by atoms with Crippen LogP contribution in [0.4, 0.5) is 0 Å². The lowest BCUT2D eigenvalue weighted by atomic mass is 9.91. The Morgan fingerprint density at radius 2 is 1.74 bits per heavy atom. The lowest BCUT2D eigenvalue weighted by Gasteiger charge is -2.28. The molecule has 8 rings (SSSR count). The van der Waals surface area contributed by atoms with E-state index in [9.17, 15) is 19.5 Å². The smallest absolute Gasteiger partial charge is 0.254 e. The lowest BCUT2D eigenvalue weighted by Crippen LogP contribution is -2.48. The molecule has 0 bridgehead atoms. The van der Waals surface area contributed by atoms with Gasteiger partial charge in [0.2, 0.25) is 17.7 Å². The summed E-state index contributed by atoms with van der Waals surface area (Å²) in [4.78, 5) is 54.3. The second-order valence-electron chi connectivity index (χ2n) is 17.2. The molecule has 346 valence electrons. The van der Waals surface area contributed by atoms with Crippen molar-refractivity contribution in [3.05, 3.63) is 115 Å². The number of benzene rings is 2. The van der Waals surface area contributed by atoms with E-state index in [0.717, 1.165) is 67.8 Å². The van der Waals surface area contributed by atoms with E-state index in [0.29, 0.717) is 36.2 Å². The van der Waals surface area contributed by atoms with Crippen molar-refractivity contribution in [1.29, 1.82) is 0 Å². The van der Waals surface area contributed by atoms with Gasteiger partial charge in [-0.05, 0) is 86.9 Å². The number of amides is 3. The van der Waals surface area contributed by atoms with Crippen LogP contribution in [0, 0.1) is 33.6 Å². The molecule has 66 heavy (non-hydrogen) atoms. The molecule has 0 spiro atoms. The molecule has 2 aliphatic rings. The molecule has 4 atom stereocenters. The third-order valence-electron chi connectivity index (χ3n) is 12.2. The highest BCUT2D eigenvalue weighted by Gasteiger charge is 2.43. The number of thiophene rings is 1. The number of fused-ring (bicyclic) bond motifs is 3. The summed E-state index contributed by atoms with van der Waals surface area (Å²) in [5, 5.41) is 31.3. The normalized spacial score (nSPS) is 17.3. The van der Waals surface area contributed by atoms with Gasteiger partial charge in [0.1, 0.15) is 28.8 Å². The molecule has 3 N–H and O–H groups in total. The van der Waals surface area contributed by atoms with Crippen LogP contribution < -0.4 is 15.4 Å². The Morgan fingerprint density at radius 1 is 0.985 bits per heavy atom. The summed E-state index contributed by atoms with van der Waals surface area (Å²) in [5.74, 6) is 0.239. The Hall–Kier alpha value is -5.75. The van der Waals surface area contributed by atoms with Crippen molar-refractivity contribution in [3.8, 4) is 21.3 Å². The Morgan fingerprint density at radius 3 is 2.47 bits per heavy atom. The summed E-state index contributed by atoms with van der Waals surface area (Å²) in [6, 6.07) is 15.8. The van der Waals surface area contributed by atoms with Gasteiger partial charge in [0.05, 0.1) is 40.9 Å². The highest BCUT2D eigenvalue weighted by Crippen LogP contribution is 2.40. The van der Waals surface area contributed by atoms with Gasteiger partial charge in [0, 0.05) is 53.1 Å². The van der Waals surface area contributed by atoms with Crippen LogP contribution in [-0.4, -0.2) is 90.2 Å². The van der Waals surface area contributed by atoms with E-state index in [1.807, 2.05) is 86.3 Å². The second kappa shape index (κ2) is 20.4. The van der Waals surface area contributed by atoms with Crippen molar-refractivity contribution in [1.82, 2.24) is 40.4 Å². The van der Waals surface area contributed by atoms with Gasteiger partial charge in [0.15, 0.2) is 11.6 Å². The van der Waals surface area contributed by atoms with Crippen LogP contribution in [0.15, 0.2) is 69.6 Å². The number of hydrogen-bond acceptors (Lipinski definition) is 13. The maximum Gasteiger partial charge on any atom is 0.254 e. The predicted molar refractivity (Wildman–Crippen MR) is 255 cm³/mol. The summed E-state index contributed by atoms with van der Waals surface area (Å²) in [5.41, 5.74) is 8.63. The Bertz CT molecular complexity index is 2720. The van der Waals surface area contributed by atoms with Crippen LogP contribution in [0.25, 0.3) is 15.4 Å². The topological polar surface area (TPSA) is 190 Å². The molecule has 0 aliphatic carbocycles. The van der Waals surface area contributed by atoms with Crippen molar-refractivity contribution in [2.45, 2.75) is 104 Å². The highest BCUT2D eigenvalue weighted by atomic mass is 35.5. The number of hydrogen-bond donors (Lipinski definition) is 3. The number of aliphatic hydroxyl groups excluding tert-OH is 1. The van der Waals surface area contributed by atoms with Gasteiger partial charge in [-0.25, -0.2) is 4.98 Å². The van der Waals surface area contributed by atoms with Crippen LogP contribution in [-0.2, 0) is 20.9 Å². The van der Waals surface area contributed by atoms with Crippen LogP contribution in [0.5, 0.6) is 5.88 Å². The summed E-state index contributed by atoms with van der Waals surface area (Å²) in [6.45, 7) is 13.0. The highest BCUT2D eigenvalue weighted by molar-refractivity contribution is 7.15. The predicted octanol–water partition coefficient (Wildman–Crippen LogP) is 7.99. The standard InChI is InChI=1S/C48H54ClN9O6S2/c1-26(2)41(47(62)57-24-35(59)20-37(57)46(61)51-23-31-10-12-33(13-11-31)44-28(4)52-25-65-44)38-22-40(56-64-38)63-19-9-7-8-18-50-39(60)21-36-45-55-54-30(6)58(45)48-42(27(3)29(5)66-48)43(53-36)32-14-16-34(49)17-15-32/h10-17,22,25-26,35-37,41,59H,7-9,18-21,23-24H2,1-6H3,(H,50,60)(H,51,61)/t35?,36?,37-,41?/m0/s1.